The Bertz CT molecular complexity index is 247. The van der Waals surface area contributed by atoms with Crippen LogP contribution >= 0.6 is 11.8 Å². The van der Waals surface area contributed by atoms with Gasteiger partial charge in [-0.05, 0) is 24.9 Å². The molecule has 0 bridgehead atoms. The van der Waals surface area contributed by atoms with Gasteiger partial charge in [-0.2, -0.15) is 11.8 Å². The lowest BCUT2D eigenvalue weighted by atomic mass is 10.2. The lowest BCUT2D eigenvalue weighted by Crippen LogP contribution is -2.06. The van der Waals surface area contributed by atoms with Crippen molar-refractivity contribution in [2.45, 2.75) is 32.4 Å². The molecular weight excluding hydrogens is 194 g/mol. The van der Waals surface area contributed by atoms with Gasteiger partial charge < -0.3 is 10.3 Å². The van der Waals surface area contributed by atoms with Crippen LogP contribution in [0.2, 0.25) is 0 Å². The van der Waals surface area contributed by atoms with Gasteiger partial charge in [-0.15, -0.1) is 0 Å². The quantitative estimate of drug-likeness (QED) is 0.703. The molecule has 14 heavy (non-hydrogen) atoms. The van der Waals surface area contributed by atoms with E-state index in [2.05, 4.69) is 15.8 Å². The van der Waals surface area contributed by atoms with Crippen LogP contribution in [0.25, 0.3) is 0 Å². The Hall–Kier alpha value is -0.480. The maximum Gasteiger partial charge on any atom is 0.0948 e. The van der Waals surface area contributed by atoms with E-state index < -0.39 is 0 Å². The third-order valence-electron chi connectivity index (χ3n) is 2.26. The summed E-state index contributed by atoms with van der Waals surface area (Å²) in [6.07, 6.45) is 9.71. The van der Waals surface area contributed by atoms with E-state index >= 15 is 0 Å². The molecule has 3 nitrogen and oxygen atoms in total. The Kier molecular flexibility index (Phi) is 5.71. The van der Waals surface area contributed by atoms with Crippen LogP contribution in [0.5, 0.6) is 0 Å². The first-order valence-corrected chi connectivity index (χ1v) is 6.46. The van der Waals surface area contributed by atoms with Crippen LogP contribution in [-0.4, -0.2) is 21.6 Å². The van der Waals surface area contributed by atoms with Crippen LogP contribution in [0.1, 0.15) is 25.0 Å². The smallest absolute Gasteiger partial charge is 0.0948 e. The molecule has 0 saturated heterocycles. The van der Waals surface area contributed by atoms with Crippen molar-refractivity contribution >= 4 is 11.8 Å². The number of hydrogen-bond donors (Lipinski definition) is 1. The molecule has 0 aliphatic carbocycles. The minimum absolute atomic E-state index is 0.588. The van der Waals surface area contributed by atoms with Crippen LogP contribution < -0.4 is 5.73 Å². The van der Waals surface area contributed by atoms with Crippen LogP contribution in [0.4, 0.5) is 0 Å². The number of aryl methyl sites for hydroxylation is 1. The highest BCUT2D eigenvalue weighted by Crippen LogP contribution is 2.05. The van der Waals surface area contributed by atoms with E-state index in [1.165, 1.54) is 25.0 Å². The minimum Gasteiger partial charge on any atom is -0.333 e. The van der Waals surface area contributed by atoms with E-state index in [0.29, 0.717) is 6.54 Å². The Morgan fingerprint density at radius 1 is 1.43 bits per heavy atom. The van der Waals surface area contributed by atoms with Gasteiger partial charge in [0, 0.05) is 19.3 Å². The third-order valence-corrected chi connectivity index (χ3v) is 2.95. The summed E-state index contributed by atoms with van der Waals surface area (Å²) in [6, 6.07) is 0. The average Bonchev–Trinajstić information content (AvgIpc) is 2.65. The summed E-state index contributed by atoms with van der Waals surface area (Å²) in [6.45, 7) is 1.64. The molecular formula is C10H19N3S. The fraction of sp³-hybridized carbons (Fsp3) is 0.700. The molecule has 0 aliphatic rings. The first kappa shape index (κ1) is 11.6. The summed E-state index contributed by atoms with van der Waals surface area (Å²) in [4.78, 5) is 4.09. The van der Waals surface area contributed by atoms with Crippen LogP contribution in [0, 0.1) is 0 Å². The molecule has 1 aromatic rings. The molecule has 0 radical (unpaired) electrons. The summed E-state index contributed by atoms with van der Waals surface area (Å²) >= 11 is 1.92. The standard InChI is InChI=1S/C10H19N3S/c1-14-6-4-2-3-5-13-9-12-8-10(13)7-11/h8-9H,2-7,11H2,1H3. The van der Waals surface area contributed by atoms with E-state index in [9.17, 15) is 0 Å². The lowest BCUT2D eigenvalue weighted by molar-refractivity contribution is 0.586. The van der Waals surface area contributed by atoms with Crippen LogP contribution in [0.3, 0.4) is 0 Å². The van der Waals surface area contributed by atoms with Crippen LogP contribution in [-0.2, 0) is 13.1 Å². The van der Waals surface area contributed by atoms with Gasteiger partial charge in [-0.1, -0.05) is 6.42 Å². The van der Waals surface area contributed by atoms with E-state index in [0.717, 1.165) is 12.2 Å². The summed E-state index contributed by atoms with van der Waals surface area (Å²) in [5.74, 6) is 1.27. The van der Waals surface area contributed by atoms with Gasteiger partial charge in [0.05, 0.1) is 12.0 Å². The molecule has 0 aromatic carbocycles. The van der Waals surface area contributed by atoms with E-state index in [1.54, 1.807) is 0 Å². The predicted octanol–water partition coefficient (Wildman–Crippen LogP) is 1.88. The molecule has 0 saturated carbocycles. The van der Waals surface area contributed by atoms with Crippen molar-refractivity contribution in [3.63, 3.8) is 0 Å². The van der Waals surface area contributed by atoms with Gasteiger partial charge in [-0.25, -0.2) is 4.98 Å². The van der Waals surface area contributed by atoms with E-state index in [4.69, 9.17) is 5.73 Å². The van der Waals surface area contributed by atoms with Gasteiger partial charge in [0.25, 0.3) is 0 Å². The molecule has 0 aliphatic heterocycles. The fourth-order valence-corrected chi connectivity index (χ4v) is 1.92. The second-order valence-corrected chi connectivity index (χ2v) is 4.32. The molecule has 0 spiro atoms. The maximum atomic E-state index is 5.58. The van der Waals surface area contributed by atoms with Crippen molar-refractivity contribution in [2.75, 3.05) is 12.0 Å². The molecule has 0 amide bonds. The van der Waals surface area contributed by atoms with Crippen molar-refractivity contribution in [2.24, 2.45) is 5.73 Å². The zero-order valence-electron chi connectivity index (χ0n) is 8.78. The van der Waals surface area contributed by atoms with E-state index in [1.807, 2.05) is 24.3 Å². The largest absolute Gasteiger partial charge is 0.333 e. The van der Waals surface area contributed by atoms with Gasteiger partial charge in [-0.3, -0.25) is 0 Å². The van der Waals surface area contributed by atoms with Gasteiger partial charge in [0.2, 0.25) is 0 Å². The number of rotatable bonds is 7. The number of thioether (sulfide) groups is 1. The van der Waals surface area contributed by atoms with Crippen LogP contribution in [0.15, 0.2) is 12.5 Å². The first-order chi connectivity index (χ1) is 6.88. The summed E-state index contributed by atoms with van der Waals surface area (Å²) in [5, 5.41) is 0. The SMILES string of the molecule is CSCCCCCn1cncc1CN. The van der Waals surface area contributed by atoms with Gasteiger partial charge in [0.1, 0.15) is 0 Å². The minimum atomic E-state index is 0.588. The molecule has 1 heterocycles. The van der Waals surface area contributed by atoms with Gasteiger partial charge >= 0.3 is 0 Å². The molecule has 1 rings (SSSR count). The highest BCUT2D eigenvalue weighted by Gasteiger charge is 1.98. The van der Waals surface area contributed by atoms with Crippen molar-refractivity contribution < 1.29 is 0 Å². The fourth-order valence-electron chi connectivity index (χ4n) is 1.42. The number of nitrogens with two attached hydrogens (primary N) is 1. The Morgan fingerprint density at radius 3 is 3.00 bits per heavy atom. The van der Waals surface area contributed by atoms with Crippen molar-refractivity contribution in [3.8, 4) is 0 Å². The molecule has 0 fully saturated rings. The Labute approximate surface area is 90.1 Å². The molecule has 0 atom stereocenters. The summed E-state index contributed by atoms with van der Waals surface area (Å²) in [5.41, 5.74) is 6.72. The lowest BCUT2D eigenvalue weighted by Gasteiger charge is -2.05. The molecule has 0 unspecified atom stereocenters. The Balaban J connectivity index is 2.17. The third kappa shape index (κ3) is 3.72. The highest BCUT2D eigenvalue weighted by molar-refractivity contribution is 7.98. The Morgan fingerprint density at radius 2 is 2.29 bits per heavy atom. The molecule has 2 N–H and O–H groups in total. The molecule has 1 aromatic heterocycles. The number of hydrogen-bond acceptors (Lipinski definition) is 3. The number of unbranched alkanes of at least 4 members (excludes halogenated alkanes) is 2. The number of nitrogens with zero attached hydrogens (tertiary/aromatic N) is 2. The number of aromatic nitrogens is 2. The maximum absolute atomic E-state index is 5.58. The van der Waals surface area contributed by atoms with Crippen molar-refractivity contribution in [3.05, 3.63) is 18.2 Å². The topological polar surface area (TPSA) is 43.8 Å². The monoisotopic (exact) mass is 213 g/mol. The van der Waals surface area contributed by atoms with Crippen molar-refractivity contribution in [1.82, 2.24) is 9.55 Å². The molecule has 80 valence electrons. The number of imidazole rings is 1. The van der Waals surface area contributed by atoms with E-state index in [-0.39, 0.29) is 0 Å². The highest BCUT2D eigenvalue weighted by atomic mass is 32.2. The summed E-state index contributed by atoms with van der Waals surface area (Å²) < 4.78 is 2.15. The molecule has 4 heteroatoms. The van der Waals surface area contributed by atoms with Crippen molar-refractivity contribution in [1.29, 1.82) is 0 Å². The zero-order chi connectivity index (χ0) is 10.2. The summed E-state index contributed by atoms with van der Waals surface area (Å²) in [7, 11) is 0. The average molecular weight is 213 g/mol. The zero-order valence-corrected chi connectivity index (χ0v) is 9.59. The predicted molar refractivity (Wildman–Crippen MR) is 62.4 cm³/mol. The first-order valence-electron chi connectivity index (χ1n) is 5.06. The van der Waals surface area contributed by atoms with Gasteiger partial charge in [0.15, 0.2) is 0 Å². The second-order valence-electron chi connectivity index (χ2n) is 3.34. The second kappa shape index (κ2) is 6.90. The normalized spacial score (nSPS) is 10.7.